The molecule has 1 fully saturated rings. The summed E-state index contributed by atoms with van der Waals surface area (Å²) in [6.07, 6.45) is 3.02. The van der Waals surface area contributed by atoms with Crippen molar-refractivity contribution in [3.63, 3.8) is 0 Å². The quantitative estimate of drug-likeness (QED) is 0.815. The van der Waals surface area contributed by atoms with Gasteiger partial charge in [0.2, 0.25) is 0 Å². The fourth-order valence-corrected chi connectivity index (χ4v) is 2.08. The zero-order valence-electron chi connectivity index (χ0n) is 11.4. The van der Waals surface area contributed by atoms with Gasteiger partial charge in [0.25, 0.3) is 0 Å². The maximum atomic E-state index is 11.2. The lowest BCUT2D eigenvalue weighted by Crippen LogP contribution is -2.30. The van der Waals surface area contributed by atoms with E-state index >= 15 is 0 Å². The molecule has 1 aromatic heterocycles. The van der Waals surface area contributed by atoms with Gasteiger partial charge in [0.1, 0.15) is 5.82 Å². The third-order valence-electron chi connectivity index (χ3n) is 3.29. The van der Waals surface area contributed by atoms with E-state index in [1.165, 1.54) is 0 Å². The number of anilines is 1. The van der Waals surface area contributed by atoms with Crippen LogP contribution in [0.2, 0.25) is 0 Å². The summed E-state index contributed by atoms with van der Waals surface area (Å²) < 4.78 is 5.12. The van der Waals surface area contributed by atoms with Gasteiger partial charge in [0.05, 0.1) is 12.2 Å². The first-order chi connectivity index (χ1) is 9.15. The van der Waals surface area contributed by atoms with E-state index in [1.54, 1.807) is 19.2 Å². The molecule has 1 N–H and O–H groups in total. The molecule has 1 saturated carbocycles. The first kappa shape index (κ1) is 13.8. The van der Waals surface area contributed by atoms with Crippen LogP contribution in [0.1, 0.15) is 35.8 Å². The normalized spacial score (nSPS) is 14.4. The van der Waals surface area contributed by atoms with Crippen LogP contribution in [0.15, 0.2) is 12.1 Å². The topological polar surface area (TPSA) is 62.7 Å². The number of carboxylic acids is 1. The Hall–Kier alpha value is -1.62. The van der Waals surface area contributed by atoms with Gasteiger partial charge >= 0.3 is 5.97 Å². The van der Waals surface area contributed by atoms with Gasteiger partial charge in [-0.25, -0.2) is 9.78 Å². The number of aryl methyl sites for hydroxylation is 1. The Morgan fingerprint density at radius 1 is 1.53 bits per heavy atom. The molecular weight excluding hydrogens is 244 g/mol. The maximum absolute atomic E-state index is 11.2. The number of aromatic nitrogens is 1. The van der Waals surface area contributed by atoms with Crippen molar-refractivity contribution in [3.05, 3.63) is 23.4 Å². The molecule has 0 amide bonds. The summed E-state index contributed by atoms with van der Waals surface area (Å²) in [4.78, 5) is 17.9. The molecule has 0 saturated heterocycles. The molecule has 1 heterocycles. The van der Waals surface area contributed by atoms with E-state index in [0.717, 1.165) is 37.3 Å². The average molecular weight is 264 g/mol. The zero-order chi connectivity index (χ0) is 13.8. The molecule has 1 aliphatic carbocycles. The average Bonchev–Trinajstić information content (AvgIpc) is 3.23. The van der Waals surface area contributed by atoms with Gasteiger partial charge < -0.3 is 14.7 Å². The molecule has 1 aromatic rings. The number of ether oxygens (including phenoxy) is 1. The van der Waals surface area contributed by atoms with Crippen LogP contribution in [0.5, 0.6) is 0 Å². The highest BCUT2D eigenvalue weighted by Crippen LogP contribution is 2.31. The van der Waals surface area contributed by atoms with E-state index < -0.39 is 5.97 Å². The van der Waals surface area contributed by atoms with Gasteiger partial charge in [0, 0.05) is 25.4 Å². The number of pyridine rings is 1. The second kappa shape index (κ2) is 6.02. The Kier molecular flexibility index (Phi) is 4.37. The Morgan fingerprint density at radius 3 is 2.79 bits per heavy atom. The fourth-order valence-electron chi connectivity index (χ4n) is 2.08. The molecule has 104 valence electrons. The Labute approximate surface area is 113 Å². The highest BCUT2D eigenvalue weighted by Gasteiger charge is 2.30. The minimum absolute atomic E-state index is 0.310. The van der Waals surface area contributed by atoms with E-state index in [4.69, 9.17) is 4.74 Å². The molecule has 5 nitrogen and oxygen atoms in total. The molecule has 5 heteroatoms. The lowest BCUT2D eigenvalue weighted by molar-refractivity contribution is 0.0696. The lowest BCUT2D eigenvalue weighted by atomic mass is 10.2. The number of carboxylic acid groups (broad SMARTS) is 1. The highest BCUT2D eigenvalue weighted by molar-refractivity contribution is 5.88. The second-order valence-corrected chi connectivity index (χ2v) is 4.78. The maximum Gasteiger partial charge on any atom is 0.335 e. The highest BCUT2D eigenvalue weighted by atomic mass is 16.5. The van der Waals surface area contributed by atoms with E-state index in [-0.39, 0.29) is 0 Å². The zero-order valence-corrected chi connectivity index (χ0v) is 11.4. The van der Waals surface area contributed by atoms with Gasteiger partial charge in [-0.05, 0) is 31.4 Å². The van der Waals surface area contributed by atoms with Crippen LogP contribution in [-0.4, -0.2) is 42.4 Å². The fraction of sp³-hybridized carbons (Fsp3) is 0.571. The molecule has 0 bridgehead atoms. The molecule has 0 spiro atoms. The van der Waals surface area contributed by atoms with Crippen molar-refractivity contribution in [1.29, 1.82) is 0 Å². The largest absolute Gasteiger partial charge is 0.478 e. The predicted molar refractivity (Wildman–Crippen MR) is 72.8 cm³/mol. The summed E-state index contributed by atoms with van der Waals surface area (Å²) in [5.41, 5.74) is 1.13. The number of methoxy groups -OCH3 is 1. The summed E-state index contributed by atoms with van der Waals surface area (Å²) in [5, 5.41) is 9.17. The van der Waals surface area contributed by atoms with Crippen molar-refractivity contribution in [2.45, 2.75) is 32.2 Å². The molecule has 0 atom stereocenters. The summed E-state index contributed by atoms with van der Waals surface area (Å²) in [5.74, 6) is -0.142. The molecular formula is C14H20N2O3. The summed E-state index contributed by atoms with van der Waals surface area (Å²) in [6, 6.07) is 3.79. The molecule has 2 rings (SSSR count). The number of aromatic carboxylic acids is 1. The molecule has 1 aliphatic rings. The van der Waals surface area contributed by atoms with Gasteiger partial charge in [-0.15, -0.1) is 0 Å². The Balaban J connectivity index is 2.29. The van der Waals surface area contributed by atoms with E-state index in [0.29, 0.717) is 18.2 Å². The van der Waals surface area contributed by atoms with E-state index in [1.807, 2.05) is 6.92 Å². The van der Waals surface area contributed by atoms with Crippen molar-refractivity contribution < 1.29 is 14.6 Å². The Morgan fingerprint density at radius 2 is 2.26 bits per heavy atom. The van der Waals surface area contributed by atoms with Crippen LogP contribution in [0, 0.1) is 0 Å². The number of carbonyl (C=O) groups is 1. The third-order valence-corrected chi connectivity index (χ3v) is 3.29. The van der Waals surface area contributed by atoms with Crippen LogP contribution < -0.4 is 4.90 Å². The summed E-state index contributed by atoms with van der Waals surface area (Å²) >= 11 is 0. The molecule has 0 radical (unpaired) electrons. The van der Waals surface area contributed by atoms with Gasteiger partial charge in [-0.2, -0.15) is 0 Å². The SMILES string of the molecule is CCc1cc(C(=O)O)cc(N(CCOC)C2CC2)n1. The van der Waals surface area contributed by atoms with Gasteiger partial charge in [0.15, 0.2) is 0 Å². The van der Waals surface area contributed by atoms with Crippen LogP contribution in [0.25, 0.3) is 0 Å². The smallest absolute Gasteiger partial charge is 0.335 e. The van der Waals surface area contributed by atoms with Crippen molar-refractivity contribution >= 4 is 11.8 Å². The number of hydrogen-bond donors (Lipinski definition) is 1. The predicted octanol–water partition coefficient (Wildman–Crippen LogP) is 1.96. The Bertz CT molecular complexity index is 458. The second-order valence-electron chi connectivity index (χ2n) is 4.78. The van der Waals surface area contributed by atoms with Crippen LogP contribution in [0.3, 0.4) is 0 Å². The van der Waals surface area contributed by atoms with Crippen molar-refractivity contribution in [3.8, 4) is 0 Å². The van der Waals surface area contributed by atoms with Crippen molar-refractivity contribution in [1.82, 2.24) is 4.98 Å². The summed E-state index contributed by atoms with van der Waals surface area (Å²) in [7, 11) is 1.67. The molecule has 19 heavy (non-hydrogen) atoms. The standard InChI is InChI=1S/C14H20N2O3/c1-3-11-8-10(14(17)18)9-13(15-11)16(6-7-19-2)12-4-5-12/h8-9,12H,3-7H2,1-2H3,(H,17,18). The van der Waals surface area contributed by atoms with Crippen molar-refractivity contribution in [2.75, 3.05) is 25.2 Å². The van der Waals surface area contributed by atoms with Crippen LogP contribution in [-0.2, 0) is 11.2 Å². The number of hydrogen-bond acceptors (Lipinski definition) is 4. The monoisotopic (exact) mass is 264 g/mol. The van der Waals surface area contributed by atoms with Gasteiger partial charge in [-0.3, -0.25) is 0 Å². The van der Waals surface area contributed by atoms with Gasteiger partial charge in [-0.1, -0.05) is 6.92 Å². The van der Waals surface area contributed by atoms with E-state index in [2.05, 4.69) is 9.88 Å². The summed E-state index contributed by atoms with van der Waals surface area (Å²) in [6.45, 7) is 3.35. The number of nitrogens with zero attached hydrogens (tertiary/aromatic N) is 2. The molecule has 0 aliphatic heterocycles. The van der Waals surface area contributed by atoms with E-state index in [9.17, 15) is 9.90 Å². The third kappa shape index (κ3) is 3.44. The minimum atomic E-state index is -0.902. The van der Waals surface area contributed by atoms with Crippen molar-refractivity contribution in [2.24, 2.45) is 0 Å². The molecule has 0 aromatic carbocycles. The van der Waals surface area contributed by atoms with Crippen LogP contribution >= 0.6 is 0 Å². The minimum Gasteiger partial charge on any atom is -0.478 e. The first-order valence-corrected chi connectivity index (χ1v) is 6.65. The van der Waals surface area contributed by atoms with Crippen LogP contribution in [0.4, 0.5) is 5.82 Å². The first-order valence-electron chi connectivity index (χ1n) is 6.65. The number of rotatable bonds is 7. The lowest BCUT2D eigenvalue weighted by Gasteiger charge is -2.24. The molecule has 0 unspecified atom stereocenters.